The Kier molecular flexibility index (Phi) is 5.15. The Morgan fingerprint density at radius 1 is 1.43 bits per heavy atom. The summed E-state index contributed by atoms with van der Waals surface area (Å²) in [4.78, 5) is 28.9. The molecule has 1 aromatic heterocycles. The van der Waals surface area contributed by atoms with Gasteiger partial charge in [-0.3, -0.25) is 14.9 Å². The van der Waals surface area contributed by atoms with Crippen LogP contribution in [0.3, 0.4) is 0 Å². The average molecular weight is 323 g/mol. The number of carbonyl (C=O) groups excluding carboxylic acids is 1. The lowest BCUT2D eigenvalue weighted by atomic mass is 10.1. The van der Waals surface area contributed by atoms with E-state index in [-0.39, 0.29) is 22.1 Å². The van der Waals surface area contributed by atoms with E-state index in [1.54, 1.807) is 12.3 Å². The standard InChI is InChI=1S/C15H23N5O3/c1-15(2,3)17-13(21)11-18-7-9-19(10-8-18)14-12(20(22)23)5-4-6-16-14/h4-6H,7-11H2,1-3H3,(H,17,21)/p+2. The minimum atomic E-state index is -0.373. The number of anilines is 1. The number of nitrogens with zero attached hydrogens (tertiary/aromatic N) is 2. The van der Waals surface area contributed by atoms with Crippen LogP contribution in [0, 0.1) is 10.1 Å². The van der Waals surface area contributed by atoms with Gasteiger partial charge in [0.25, 0.3) is 5.91 Å². The van der Waals surface area contributed by atoms with Crippen LogP contribution in [-0.4, -0.2) is 49.1 Å². The highest BCUT2D eigenvalue weighted by atomic mass is 16.6. The molecule has 1 aliphatic rings. The second-order valence-corrected chi connectivity index (χ2v) is 6.87. The highest BCUT2D eigenvalue weighted by Gasteiger charge is 2.33. The van der Waals surface area contributed by atoms with Gasteiger partial charge in [0.15, 0.2) is 6.54 Å². The number of aromatic amines is 1. The normalized spacial score (nSPS) is 16.2. The fraction of sp³-hybridized carbons (Fsp3) is 0.600. The number of nitrogens with one attached hydrogen (secondary N) is 3. The number of piperazine rings is 1. The van der Waals surface area contributed by atoms with Crippen LogP contribution in [0.25, 0.3) is 0 Å². The third-order valence-electron chi connectivity index (χ3n) is 3.72. The summed E-state index contributed by atoms with van der Waals surface area (Å²) in [7, 11) is 0. The monoisotopic (exact) mass is 323 g/mol. The van der Waals surface area contributed by atoms with Crippen LogP contribution in [0.2, 0.25) is 0 Å². The number of aromatic nitrogens is 1. The largest absolute Gasteiger partial charge is 0.357 e. The maximum atomic E-state index is 12.0. The minimum Gasteiger partial charge on any atom is -0.347 e. The molecular weight excluding hydrogens is 298 g/mol. The van der Waals surface area contributed by atoms with E-state index in [0.29, 0.717) is 25.5 Å². The Hall–Kier alpha value is -2.22. The molecule has 1 fully saturated rings. The van der Waals surface area contributed by atoms with Gasteiger partial charge in [0, 0.05) is 11.6 Å². The number of pyridine rings is 1. The molecule has 3 N–H and O–H groups in total. The molecule has 0 atom stereocenters. The van der Waals surface area contributed by atoms with Crippen molar-refractivity contribution in [1.82, 2.24) is 5.32 Å². The van der Waals surface area contributed by atoms with Crippen LogP contribution >= 0.6 is 0 Å². The number of amides is 1. The molecule has 126 valence electrons. The first-order chi connectivity index (χ1) is 10.8. The maximum Gasteiger partial charge on any atom is 0.357 e. The van der Waals surface area contributed by atoms with Crippen molar-refractivity contribution in [3.63, 3.8) is 0 Å². The summed E-state index contributed by atoms with van der Waals surface area (Å²) in [5.74, 6) is 0.578. The van der Waals surface area contributed by atoms with Crippen LogP contribution in [-0.2, 0) is 4.79 Å². The lowest BCUT2D eigenvalue weighted by molar-refractivity contribution is -0.892. The van der Waals surface area contributed by atoms with E-state index in [1.807, 2.05) is 25.7 Å². The predicted octanol–water partition coefficient (Wildman–Crippen LogP) is -0.971. The van der Waals surface area contributed by atoms with E-state index in [1.165, 1.54) is 11.0 Å². The van der Waals surface area contributed by atoms with Gasteiger partial charge in [0.05, 0.1) is 11.1 Å². The molecule has 2 rings (SSSR count). The molecule has 23 heavy (non-hydrogen) atoms. The third-order valence-corrected chi connectivity index (χ3v) is 3.72. The molecule has 0 aliphatic carbocycles. The molecule has 1 aliphatic heterocycles. The van der Waals surface area contributed by atoms with Gasteiger partial charge in [0.2, 0.25) is 0 Å². The summed E-state index contributed by atoms with van der Waals surface area (Å²) in [5, 5.41) is 14.1. The van der Waals surface area contributed by atoms with Gasteiger partial charge >= 0.3 is 11.5 Å². The quantitative estimate of drug-likeness (QED) is 0.550. The Morgan fingerprint density at radius 3 is 2.65 bits per heavy atom. The van der Waals surface area contributed by atoms with E-state index in [0.717, 1.165) is 13.1 Å². The molecule has 0 unspecified atom stereocenters. The van der Waals surface area contributed by atoms with Crippen molar-refractivity contribution in [3.8, 4) is 0 Å². The van der Waals surface area contributed by atoms with Crippen LogP contribution < -0.4 is 20.1 Å². The first-order valence-corrected chi connectivity index (χ1v) is 7.81. The Balaban J connectivity index is 1.92. The molecule has 8 nitrogen and oxygen atoms in total. The zero-order chi connectivity index (χ0) is 17.0. The van der Waals surface area contributed by atoms with Crippen LogP contribution in [0.1, 0.15) is 20.8 Å². The lowest BCUT2D eigenvalue weighted by Crippen LogP contribution is -3.16. The van der Waals surface area contributed by atoms with Gasteiger partial charge in [-0.05, 0) is 26.8 Å². The fourth-order valence-electron chi connectivity index (χ4n) is 2.73. The molecule has 1 saturated heterocycles. The van der Waals surface area contributed by atoms with Gasteiger partial charge in [-0.25, -0.2) is 9.88 Å². The van der Waals surface area contributed by atoms with E-state index in [2.05, 4.69) is 10.3 Å². The highest BCUT2D eigenvalue weighted by Crippen LogP contribution is 2.21. The van der Waals surface area contributed by atoms with Crippen molar-refractivity contribution in [2.24, 2.45) is 0 Å². The molecule has 1 aromatic rings. The summed E-state index contributed by atoms with van der Waals surface area (Å²) in [6.07, 6.45) is 1.69. The summed E-state index contributed by atoms with van der Waals surface area (Å²) in [6, 6.07) is 3.13. The molecule has 0 radical (unpaired) electrons. The summed E-state index contributed by atoms with van der Waals surface area (Å²) in [5.41, 5.74) is -0.140. The molecule has 1 amide bonds. The fourth-order valence-corrected chi connectivity index (χ4v) is 2.73. The predicted molar refractivity (Wildman–Crippen MR) is 85.3 cm³/mol. The number of hydrogen-bond acceptors (Lipinski definition) is 4. The Bertz CT molecular complexity index is 577. The molecule has 0 spiro atoms. The Morgan fingerprint density at radius 2 is 2.09 bits per heavy atom. The van der Waals surface area contributed by atoms with Gasteiger partial charge in [0.1, 0.15) is 26.2 Å². The van der Waals surface area contributed by atoms with Crippen molar-refractivity contribution in [1.29, 1.82) is 0 Å². The zero-order valence-electron chi connectivity index (χ0n) is 13.9. The van der Waals surface area contributed by atoms with Crippen molar-refractivity contribution < 1.29 is 19.6 Å². The summed E-state index contributed by atoms with van der Waals surface area (Å²) in [6.45, 7) is 9.23. The van der Waals surface area contributed by atoms with Crippen molar-refractivity contribution in [2.75, 3.05) is 37.6 Å². The average Bonchev–Trinajstić information content (AvgIpc) is 2.46. The number of quaternary nitrogens is 1. The molecule has 0 bridgehead atoms. The summed E-state index contributed by atoms with van der Waals surface area (Å²) >= 11 is 0. The van der Waals surface area contributed by atoms with E-state index in [4.69, 9.17) is 0 Å². The smallest absolute Gasteiger partial charge is 0.347 e. The van der Waals surface area contributed by atoms with E-state index >= 15 is 0 Å². The first kappa shape index (κ1) is 17.1. The van der Waals surface area contributed by atoms with Gasteiger partial charge < -0.3 is 10.2 Å². The topological polar surface area (TPSA) is 94.1 Å². The lowest BCUT2D eigenvalue weighted by Gasteiger charge is -2.28. The molecule has 2 heterocycles. The van der Waals surface area contributed by atoms with Gasteiger partial charge in [-0.2, -0.15) is 0 Å². The minimum absolute atomic E-state index is 0.0400. The zero-order valence-corrected chi connectivity index (χ0v) is 13.9. The number of H-pyrrole nitrogens is 1. The van der Waals surface area contributed by atoms with Gasteiger partial charge in [-0.15, -0.1) is 0 Å². The van der Waals surface area contributed by atoms with Crippen LogP contribution in [0.15, 0.2) is 18.3 Å². The second kappa shape index (κ2) is 6.91. The number of nitro groups is 1. The SMILES string of the molecule is CC(C)(C)NC(=O)C[NH+]1CCN(c2[nH+]cccc2[N+](=O)[O-])CC1. The first-order valence-electron chi connectivity index (χ1n) is 7.81. The second-order valence-electron chi connectivity index (χ2n) is 6.87. The van der Waals surface area contributed by atoms with Crippen LogP contribution in [0.4, 0.5) is 11.5 Å². The maximum absolute atomic E-state index is 12.0. The number of rotatable bonds is 4. The molecule has 8 heteroatoms. The third kappa shape index (κ3) is 4.88. The van der Waals surface area contributed by atoms with Crippen molar-refractivity contribution >= 4 is 17.4 Å². The van der Waals surface area contributed by atoms with E-state index in [9.17, 15) is 14.9 Å². The molecule has 0 saturated carbocycles. The summed E-state index contributed by atoms with van der Waals surface area (Å²) < 4.78 is 0. The van der Waals surface area contributed by atoms with Crippen molar-refractivity contribution in [3.05, 3.63) is 28.4 Å². The Labute approximate surface area is 135 Å². The number of carbonyl (C=O) groups is 1. The van der Waals surface area contributed by atoms with Crippen molar-refractivity contribution in [2.45, 2.75) is 26.3 Å². The van der Waals surface area contributed by atoms with Crippen LogP contribution in [0.5, 0.6) is 0 Å². The molecular formula is C15H25N5O3+2. The highest BCUT2D eigenvalue weighted by molar-refractivity contribution is 5.77. The van der Waals surface area contributed by atoms with E-state index < -0.39 is 0 Å². The number of hydrogen-bond donors (Lipinski definition) is 2. The van der Waals surface area contributed by atoms with Gasteiger partial charge in [-0.1, -0.05) is 0 Å². The molecule has 0 aromatic carbocycles.